The van der Waals surface area contributed by atoms with Gasteiger partial charge in [-0.25, -0.2) is 0 Å². The second-order valence-electron chi connectivity index (χ2n) is 4.00. The lowest BCUT2D eigenvalue weighted by molar-refractivity contribution is 0.221. The van der Waals surface area contributed by atoms with Crippen molar-refractivity contribution >= 4 is 17.5 Å². The van der Waals surface area contributed by atoms with Crippen LogP contribution in [0.1, 0.15) is 20.8 Å². The van der Waals surface area contributed by atoms with E-state index in [1.807, 2.05) is 20.8 Å². The van der Waals surface area contributed by atoms with Crippen LogP contribution in [0.3, 0.4) is 0 Å². The first-order valence-corrected chi connectivity index (χ1v) is 5.73. The number of halogens is 1. The molecule has 0 aromatic carbocycles. The molecule has 1 aromatic heterocycles. The van der Waals surface area contributed by atoms with E-state index in [0.29, 0.717) is 5.95 Å². The SMILES string of the molecule is CC(C)Oc1nc(Cl)nc(N(C)C(C)CO)n1. The first-order valence-electron chi connectivity index (χ1n) is 5.36. The van der Waals surface area contributed by atoms with Crippen molar-refractivity contribution in [3.05, 3.63) is 5.28 Å². The van der Waals surface area contributed by atoms with Crippen molar-refractivity contribution in [2.24, 2.45) is 0 Å². The summed E-state index contributed by atoms with van der Waals surface area (Å²) in [6.45, 7) is 5.59. The summed E-state index contributed by atoms with van der Waals surface area (Å²) >= 11 is 5.79. The van der Waals surface area contributed by atoms with Crippen LogP contribution in [0.15, 0.2) is 0 Å². The third-order valence-corrected chi connectivity index (χ3v) is 2.33. The average Bonchev–Trinajstić information content (AvgIpc) is 2.25. The summed E-state index contributed by atoms with van der Waals surface area (Å²) in [7, 11) is 1.77. The van der Waals surface area contributed by atoms with Crippen LogP contribution in [0.25, 0.3) is 0 Å². The fraction of sp³-hybridized carbons (Fsp3) is 0.700. The zero-order chi connectivity index (χ0) is 13.0. The minimum Gasteiger partial charge on any atom is -0.461 e. The molecule has 17 heavy (non-hydrogen) atoms. The molecule has 1 unspecified atom stereocenters. The van der Waals surface area contributed by atoms with Crippen LogP contribution in [0.5, 0.6) is 6.01 Å². The van der Waals surface area contributed by atoms with Gasteiger partial charge in [-0.2, -0.15) is 15.0 Å². The van der Waals surface area contributed by atoms with Gasteiger partial charge in [0.2, 0.25) is 11.2 Å². The average molecular weight is 261 g/mol. The maximum Gasteiger partial charge on any atom is 0.322 e. The first-order chi connectivity index (χ1) is 7.93. The third-order valence-electron chi connectivity index (χ3n) is 2.16. The summed E-state index contributed by atoms with van der Waals surface area (Å²) < 4.78 is 5.36. The molecule has 0 spiro atoms. The maximum absolute atomic E-state index is 9.07. The van der Waals surface area contributed by atoms with Gasteiger partial charge in [0, 0.05) is 7.05 Å². The molecule has 0 aliphatic rings. The molecule has 6 nitrogen and oxygen atoms in total. The molecule has 0 bridgehead atoms. The van der Waals surface area contributed by atoms with Gasteiger partial charge in [0.15, 0.2) is 0 Å². The van der Waals surface area contributed by atoms with Gasteiger partial charge in [0.05, 0.1) is 18.8 Å². The van der Waals surface area contributed by atoms with Crippen molar-refractivity contribution < 1.29 is 9.84 Å². The summed E-state index contributed by atoms with van der Waals surface area (Å²) in [4.78, 5) is 13.7. The Kier molecular flexibility index (Phi) is 4.89. The molecular weight excluding hydrogens is 244 g/mol. The van der Waals surface area contributed by atoms with Gasteiger partial charge in [-0.05, 0) is 32.4 Å². The Bertz CT molecular complexity index is 375. The summed E-state index contributed by atoms with van der Waals surface area (Å²) in [6.07, 6.45) is -0.0399. The minimum atomic E-state index is -0.111. The van der Waals surface area contributed by atoms with Gasteiger partial charge >= 0.3 is 6.01 Å². The van der Waals surface area contributed by atoms with E-state index >= 15 is 0 Å². The largest absolute Gasteiger partial charge is 0.461 e. The monoisotopic (exact) mass is 260 g/mol. The van der Waals surface area contributed by atoms with Crippen molar-refractivity contribution in [3.8, 4) is 6.01 Å². The quantitative estimate of drug-likeness (QED) is 0.856. The smallest absolute Gasteiger partial charge is 0.322 e. The molecule has 1 aromatic rings. The Labute approximate surface area is 106 Å². The lowest BCUT2D eigenvalue weighted by Gasteiger charge is -2.23. The van der Waals surface area contributed by atoms with Crippen LogP contribution in [0.4, 0.5) is 5.95 Å². The molecule has 0 fully saturated rings. The van der Waals surface area contributed by atoms with E-state index in [2.05, 4.69) is 15.0 Å². The number of hydrogen-bond acceptors (Lipinski definition) is 6. The van der Waals surface area contributed by atoms with Gasteiger partial charge in [-0.1, -0.05) is 0 Å². The van der Waals surface area contributed by atoms with Gasteiger partial charge in [0.1, 0.15) is 0 Å². The predicted molar refractivity (Wildman–Crippen MR) is 65.6 cm³/mol. The fourth-order valence-corrected chi connectivity index (χ4v) is 1.21. The molecule has 0 saturated carbocycles. The highest BCUT2D eigenvalue weighted by Gasteiger charge is 2.15. The van der Waals surface area contributed by atoms with Crippen molar-refractivity contribution in [1.82, 2.24) is 15.0 Å². The van der Waals surface area contributed by atoms with E-state index in [1.54, 1.807) is 11.9 Å². The van der Waals surface area contributed by atoms with E-state index in [-0.39, 0.29) is 30.0 Å². The maximum atomic E-state index is 9.07. The zero-order valence-corrected chi connectivity index (χ0v) is 11.1. The number of aliphatic hydroxyl groups excluding tert-OH is 1. The normalized spacial score (nSPS) is 12.6. The summed E-state index contributed by atoms with van der Waals surface area (Å²) in [5.41, 5.74) is 0. The Morgan fingerprint density at radius 1 is 1.29 bits per heavy atom. The number of hydrogen-bond donors (Lipinski definition) is 1. The molecule has 0 saturated heterocycles. The fourth-order valence-electron chi connectivity index (χ4n) is 1.06. The molecule has 7 heteroatoms. The summed E-state index contributed by atoms with van der Waals surface area (Å²) in [5.74, 6) is 0.377. The molecule has 0 amide bonds. The van der Waals surface area contributed by atoms with Gasteiger partial charge in [-0.15, -0.1) is 0 Å². The van der Waals surface area contributed by atoms with E-state index in [4.69, 9.17) is 21.4 Å². The number of aliphatic hydroxyl groups is 1. The first kappa shape index (κ1) is 13.9. The van der Waals surface area contributed by atoms with Crippen LogP contribution >= 0.6 is 11.6 Å². The highest BCUT2D eigenvalue weighted by Crippen LogP contribution is 2.16. The Morgan fingerprint density at radius 2 is 1.94 bits per heavy atom. The number of anilines is 1. The molecule has 0 aliphatic carbocycles. The third kappa shape index (κ3) is 3.98. The van der Waals surface area contributed by atoms with Crippen molar-refractivity contribution in [3.63, 3.8) is 0 Å². The lowest BCUT2D eigenvalue weighted by atomic mass is 10.3. The minimum absolute atomic E-state index is 0.000172. The molecule has 0 radical (unpaired) electrons. The Morgan fingerprint density at radius 3 is 2.47 bits per heavy atom. The highest BCUT2D eigenvalue weighted by atomic mass is 35.5. The van der Waals surface area contributed by atoms with Gasteiger partial charge in [0.25, 0.3) is 0 Å². The van der Waals surface area contributed by atoms with E-state index in [1.165, 1.54) is 0 Å². The highest BCUT2D eigenvalue weighted by molar-refractivity contribution is 6.28. The zero-order valence-electron chi connectivity index (χ0n) is 10.4. The molecule has 1 N–H and O–H groups in total. The number of aromatic nitrogens is 3. The molecule has 96 valence electrons. The lowest BCUT2D eigenvalue weighted by Crippen LogP contribution is -2.33. The number of likely N-dealkylation sites (N-methyl/N-ethyl adjacent to an activating group) is 1. The van der Waals surface area contributed by atoms with Gasteiger partial charge in [-0.3, -0.25) is 0 Å². The van der Waals surface area contributed by atoms with Crippen LogP contribution in [-0.2, 0) is 0 Å². The summed E-state index contributed by atoms with van der Waals surface area (Å²) in [6, 6.07) is 0.0763. The van der Waals surface area contributed by atoms with E-state index in [9.17, 15) is 0 Å². The second kappa shape index (κ2) is 5.97. The Hall–Kier alpha value is -1.14. The topological polar surface area (TPSA) is 71.4 Å². The second-order valence-corrected chi connectivity index (χ2v) is 4.33. The molecule has 0 aliphatic heterocycles. The van der Waals surface area contributed by atoms with Crippen molar-refractivity contribution in [2.45, 2.75) is 32.9 Å². The molecule has 1 heterocycles. The standard InChI is InChI=1S/C10H17ClN4O2/c1-6(2)17-10-13-8(11)12-9(14-10)15(4)7(3)5-16/h6-7,16H,5H2,1-4H3. The molecule has 1 atom stereocenters. The summed E-state index contributed by atoms with van der Waals surface area (Å²) in [5, 5.41) is 9.15. The number of nitrogens with zero attached hydrogens (tertiary/aromatic N) is 4. The van der Waals surface area contributed by atoms with Crippen LogP contribution in [0.2, 0.25) is 5.28 Å². The number of rotatable bonds is 5. The predicted octanol–water partition coefficient (Wildman–Crippen LogP) is 1.13. The van der Waals surface area contributed by atoms with Gasteiger partial charge < -0.3 is 14.7 Å². The van der Waals surface area contributed by atoms with E-state index in [0.717, 1.165) is 0 Å². The Balaban J connectivity index is 2.96. The van der Waals surface area contributed by atoms with Crippen molar-refractivity contribution in [2.75, 3.05) is 18.6 Å². The van der Waals surface area contributed by atoms with Crippen molar-refractivity contribution in [1.29, 1.82) is 0 Å². The van der Waals surface area contributed by atoms with Crippen LogP contribution < -0.4 is 9.64 Å². The van der Waals surface area contributed by atoms with Crippen LogP contribution in [-0.4, -0.2) is 45.9 Å². The van der Waals surface area contributed by atoms with E-state index < -0.39 is 0 Å². The van der Waals surface area contributed by atoms with Crippen LogP contribution in [0, 0.1) is 0 Å². The molecule has 1 rings (SSSR count). The molecular formula is C10H17ClN4O2. The number of ether oxygens (including phenoxy) is 1.